The Hall–Kier alpha value is -1.94. The minimum absolute atomic E-state index is 0.00103. The third kappa shape index (κ3) is 4.18. The van der Waals surface area contributed by atoms with Crippen LogP contribution in [0.4, 0.5) is 0 Å². The summed E-state index contributed by atoms with van der Waals surface area (Å²) < 4.78 is 39.3. The van der Waals surface area contributed by atoms with Crippen LogP contribution in [0.5, 0.6) is 5.75 Å². The standard InChI is InChI=1S/C19H20ClN3O4S2/c1-26-15-9-8-13(20)11-17(15)29(24,25)23(14-5-2-3-6-14)12-18-21-19(22-27-18)16-7-4-10-28-16/h4,7-11,14H,2-3,5-6,12H2,1H3. The van der Waals surface area contributed by atoms with E-state index in [1.165, 1.54) is 28.8 Å². The average molecular weight is 454 g/mol. The second-order valence-corrected chi connectivity index (χ2v) is 10.0. The molecule has 154 valence electrons. The number of methoxy groups -OCH3 is 1. The first-order valence-electron chi connectivity index (χ1n) is 9.21. The smallest absolute Gasteiger partial charge is 0.247 e. The largest absolute Gasteiger partial charge is 0.495 e. The molecule has 7 nitrogen and oxygen atoms in total. The first-order chi connectivity index (χ1) is 14.0. The molecule has 1 aliphatic rings. The zero-order chi connectivity index (χ0) is 20.4. The van der Waals surface area contributed by atoms with Crippen molar-refractivity contribution in [1.82, 2.24) is 14.4 Å². The average Bonchev–Trinajstić information content (AvgIpc) is 3.48. The molecule has 0 aliphatic heterocycles. The van der Waals surface area contributed by atoms with Crippen molar-refractivity contribution in [3.8, 4) is 16.5 Å². The Balaban J connectivity index is 1.70. The fraction of sp³-hybridized carbons (Fsp3) is 0.368. The maximum Gasteiger partial charge on any atom is 0.247 e. The van der Waals surface area contributed by atoms with Gasteiger partial charge in [-0.15, -0.1) is 11.3 Å². The van der Waals surface area contributed by atoms with Crippen LogP contribution in [-0.4, -0.2) is 36.0 Å². The van der Waals surface area contributed by atoms with Crippen LogP contribution in [0.3, 0.4) is 0 Å². The lowest BCUT2D eigenvalue weighted by molar-refractivity contribution is 0.267. The second kappa shape index (κ2) is 8.43. The highest BCUT2D eigenvalue weighted by Crippen LogP contribution is 2.35. The Labute approximate surface area is 178 Å². The lowest BCUT2D eigenvalue weighted by Gasteiger charge is -2.27. The van der Waals surface area contributed by atoms with Gasteiger partial charge in [-0.25, -0.2) is 8.42 Å². The number of hydrogen-bond acceptors (Lipinski definition) is 7. The summed E-state index contributed by atoms with van der Waals surface area (Å²) in [5, 5.41) is 6.25. The summed E-state index contributed by atoms with van der Waals surface area (Å²) in [6.07, 6.45) is 3.53. The molecule has 3 aromatic rings. The van der Waals surface area contributed by atoms with Crippen molar-refractivity contribution in [2.45, 2.75) is 43.2 Å². The number of benzene rings is 1. The van der Waals surface area contributed by atoms with E-state index in [1.54, 1.807) is 12.1 Å². The van der Waals surface area contributed by atoms with Crippen molar-refractivity contribution < 1.29 is 17.7 Å². The molecule has 10 heteroatoms. The molecule has 0 N–H and O–H groups in total. The van der Waals surface area contributed by atoms with Crippen molar-refractivity contribution in [3.05, 3.63) is 46.6 Å². The Morgan fingerprint density at radius 1 is 1.31 bits per heavy atom. The predicted octanol–water partition coefficient (Wildman–Crippen LogP) is 4.59. The highest BCUT2D eigenvalue weighted by molar-refractivity contribution is 7.89. The molecule has 29 heavy (non-hydrogen) atoms. The minimum Gasteiger partial charge on any atom is -0.495 e. The third-order valence-electron chi connectivity index (χ3n) is 4.95. The summed E-state index contributed by atoms with van der Waals surface area (Å²) in [7, 11) is -2.46. The molecule has 0 spiro atoms. The number of nitrogens with zero attached hydrogens (tertiary/aromatic N) is 3. The highest BCUT2D eigenvalue weighted by Gasteiger charge is 2.36. The molecule has 1 aliphatic carbocycles. The zero-order valence-corrected chi connectivity index (χ0v) is 18.1. The lowest BCUT2D eigenvalue weighted by atomic mass is 10.2. The van der Waals surface area contributed by atoms with Crippen LogP contribution in [-0.2, 0) is 16.6 Å². The summed E-state index contributed by atoms with van der Waals surface area (Å²) >= 11 is 7.58. The monoisotopic (exact) mass is 453 g/mol. The van der Waals surface area contributed by atoms with E-state index in [0.717, 1.165) is 30.6 Å². The van der Waals surface area contributed by atoms with Crippen LogP contribution < -0.4 is 4.74 Å². The maximum atomic E-state index is 13.6. The number of sulfonamides is 1. The van der Waals surface area contributed by atoms with E-state index < -0.39 is 10.0 Å². The molecule has 1 fully saturated rings. The minimum atomic E-state index is -3.89. The molecule has 0 amide bonds. The summed E-state index contributed by atoms with van der Waals surface area (Å²) in [5.74, 6) is 0.964. The van der Waals surface area contributed by atoms with Crippen LogP contribution in [0.2, 0.25) is 5.02 Å². The fourth-order valence-electron chi connectivity index (χ4n) is 3.54. The molecule has 2 aromatic heterocycles. The molecule has 0 radical (unpaired) electrons. The highest BCUT2D eigenvalue weighted by atomic mass is 35.5. The summed E-state index contributed by atoms with van der Waals surface area (Å²) in [4.78, 5) is 5.31. The molecular formula is C19H20ClN3O4S2. The van der Waals surface area contributed by atoms with Crippen LogP contribution >= 0.6 is 22.9 Å². The quantitative estimate of drug-likeness (QED) is 0.520. The normalized spacial score (nSPS) is 15.3. The fourth-order valence-corrected chi connectivity index (χ4v) is 6.24. The van der Waals surface area contributed by atoms with Gasteiger partial charge in [0, 0.05) is 11.1 Å². The first kappa shape index (κ1) is 20.3. The van der Waals surface area contributed by atoms with Gasteiger partial charge in [-0.3, -0.25) is 0 Å². The predicted molar refractivity (Wildman–Crippen MR) is 111 cm³/mol. The van der Waals surface area contributed by atoms with Crippen molar-refractivity contribution in [2.24, 2.45) is 0 Å². The van der Waals surface area contributed by atoms with Crippen LogP contribution in [0.15, 0.2) is 45.1 Å². The van der Waals surface area contributed by atoms with Crippen molar-refractivity contribution in [1.29, 1.82) is 0 Å². The van der Waals surface area contributed by atoms with Gasteiger partial charge in [0.05, 0.1) is 18.5 Å². The van der Waals surface area contributed by atoms with E-state index in [-0.39, 0.29) is 29.1 Å². The van der Waals surface area contributed by atoms with Gasteiger partial charge in [0.25, 0.3) is 0 Å². The van der Waals surface area contributed by atoms with Gasteiger partial charge in [0.1, 0.15) is 10.6 Å². The Bertz CT molecular complexity index is 1080. The number of aromatic nitrogens is 2. The Kier molecular flexibility index (Phi) is 5.91. The molecule has 4 rings (SSSR count). The number of halogens is 1. The van der Waals surface area contributed by atoms with E-state index in [0.29, 0.717) is 10.8 Å². The molecule has 0 bridgehead atoms. The number of thiophene rings is 1. The molecule has 0 atom stereocenters. The van der Waals surface area contributed by atoms with Crippen molar-refractivity contribution in [3.63, 3.8) is 0 Å². The summed E-state index contributed by atoms with van der Waals surface area (Å²) in [6, 6.07) is 8.23. The Morgan fingerprint density at radius 3 is 2.79 bits per heavy atom. The van der Waals surface area contributed by atoms with Gasteiger partial charge < -0.3 is 9.26 Å². The lowest BCUT2D eigenvalue weighted by Crippen LogP contribution is -2.38. The second-order valence-electron chi connectivity index (χ2n) is 6.77. The Morgan fingerprint density at radius 2 is 2.10 bits per heavy atom. The topological polar surface area (TPSA) is 85.5 Å². The van der Waals surface area contributed by atoms with Gasteiger partial charge in [-0.05, 0) is 42.5 Å². The van der Waals surface area contributed by atoms with Gasteiger partial charge in [-0.2, -0.15) is 9.29 Å². The van der Waals surface area contributed by atoms with E-state index in [2.05, 4.69) is 10.1 Å². The molecule has 0 saturated heterocycles. The summed E-state index contributed by atoms with van der Waals surface area (Å²) in [5.41, 5.74) is 0. The SMILES string of the molecule is COc1ccc(Cl)cc1S(=O)(=O)N(Cc1nc(-c2cccs2)no1)C1CCCC1. The van der Waals surface area contributed by atoms with E-state index in [9.17, 15) is 8.42 Å². The van der Waals surface area contributed by atoms with Crippen LogP contribution in [0.25, 0.3) is 10.7 Å². The maximum absolute atomic E-state index is 13.6. The molecule has 1 saturated carbocycles. The molecule has 1 aromatic carbocycles. The van der Waals surface area contributed by atoms with E-state index in [4.69, 9.17) is 20.9 Å². The van der Waals surface area contributed by atoms with Gasteiger partial charge in [0.2, 0.25) is 21.7 Å². The molecule has 2 heterocycles. The third-order valence-corrected chi connectivity index (χ3v) is 7.97. The van der Waals surface area contributed by atoms with Crippen LogP contribution in [0, 0.1) is 0 Å². The van der Waals surface area contributed by atoms with Gasteiger partial charge in [0.15, 0.2) is 0 Å². The zero-order valence-electron chi connectivity index (χ0n) is 15.7. The molecule has 0 unspecified atom stereocenters. The number of ether oxygens (including phenoxy) is 1. The van der Waals surface area contributed by atoms with Gasteiger partial charge in [-0.1, -0.05) is 35.7 Å². The van der Waals surface area contributed by atoms with Crippen molar-refractivity contribution >= 4 is 33.0 Å². The number of hydrogen-bond donors (Lipinski definition) is 0. The van der Waals surface area contributed by atoms with E-state index in [1.807, 2.05) is 17.5 Å². The summed E-state index contributed by atoms with van der Waals surface area (Å²) in [6.45, 7) is 0.00103. The van der Waals surface area contributed by atoms with Crippen molar-refractivity contribution in [2.75, 3.05) is 7.11 Å². The number of rotatable bonds is 7. The molecular weight excluding hydrogens is 434 g/mol. The van der Waals surface area contributed by atoms with Crippen LogP contribution in [0.1, 0.15) is 31.6 Å². The van der Waals surface area contributed by atoms with Gasteiger partial charge >= 0.3 is 0 Å². The van der Waals surface area contributed by atoms with E-state index >= 15 is 0 Å². The first-order valence-corrected chi connectivity index (χ1v) is 11.9.